The quantitative estimate of drug-likeness (QED) is 0.790. The summed E-state index contributed by atoms with van der Waals surface area (Å²) < 4.78 is 2.83. The van der Waals surface area contributed by atoms with Crippen molar-refractivity contribution in [3.8, 4) is 11.4 Å². The van der Waals surface area contributed by atoms with Gasteiger partial charge in [0.1, 0.15) is 5.82 Å². The molecule has 0 atom stereocenters. The van der Waals surface area contributed by atoms with Crippen molar-refractivity contribution < 1.29 is 0 Å². The molecular formula is C11H10BrCl2N3. The van der Waals surface area contributed by atoms with Crippen LogP contribution >= 0.6 is 39.1 Å². The normalized spacial score (nSPS) is 10.8. The van der Waals surface area contributed by atoms with E-state index in [4.69, 9.17) is 23.2 Å². The molecule has 0 aliphatic rings. The Balaban J connectivity index is 2.52. The van der Waals surface area contributed by atoms with Crippen LogP contribution in [0.1, 0.15) is 12.7 Å². The van der Waals surface area contributed by atoms with E-state index in [1.807, 2.05) is 29.7 Å². The standard InChI is InChI=1S/C11H10BrCl2N3/c1-2-17-10(6-13)15-16-11(17)7-3-4-9(14)8(12)5-7/h3-5H,2,6H2,1H3. The zero-order valence-electron chi connectivity index (χ0n) is 9.12. The average Bonchev–Trinajstić information content (AvgIpc) is 2.75. The second-order valence-corrected chi connectivity index (χ2v) is 4.98. The molecule has 0 unspecified atom stereocenters. The maximum Gasteiger partial charge on any atom is 0.164 e. The van der Waals surface area contributed by atoms with Crippen molar-refractivity contribution in [3.05, 3.63) is 33.5 Å². The lowest BCUT2D eigenvalue weighted by Gasteiger charge is -2.06. The summed E-state index contributed by atoms with van der Waals surface area (Å²) in [5.41, 5.74) is 0.965. The lowest BCUT2D eigenvalue weighted by Crippen LogP contribution is -2.01. The molecule has 0 spiro atoms. The Morgan fingerprint density at radius 1 is 1.35 bits per heavy atom. The van der Waals surface area contributed by atoms with Gasteiger partial charge in [0.25, 0.3) is 0 Å². The molecule has 1 aromatic heterocycles. The minimum absolute atomic E-state index is 0.357. The highest BCUT2D eigenvalue weighted by Gasteiger charge is 2.12. The van der Waals surface area contributed by atoms with Gasteiger partial charge in [0.05, 0.1) is 10.9 Å². The second kappa shape index (κ2) is 5.38. The zero-order valence-corrected chi connectivity index (χ0v) is 12.2. The molecule has 1 heterocycles. The SMILES string of the molecule is CCn1c(CCl)nnc1-c1ccc(Cl)c(Br)c1. The molecular weight excluding hydrogens is 325 g/mol. The summed E-state index contributed by atoms with van der Waals surface area (Å²) in [4.78, 5) is 0. The first-order chi connectivity index (χ1) is 8.17. The van der Waals surface area contributed by atoms with Crippen LogP contribution in [-0.4, -0.2) is 14.8 Å². The van der Waals surface area contributed by atoms with Crippen molar-refractivity contribution in [1.29, 1.82) is 0 Å². The van der Waals surface area contributed by atoms with Crippen LogP contribution in [0.25, 0.3) is 11.4 Å². The predicted octanol–water partition coefficient (Wildman–Crippen LogP) is 4.12. The highest BCUT2D eigenvalue weighted by Crippen LogP contribution is 2.28. The topological polar surface area (TPSA) is 30.7 Å². The maximum atomic E-state index is 5.96. The molecule has 2 rings (SSSR count). The van der Waals surface area contributed by atoms with Gasteiger partial charge in [0.2, 0.25) is 0 Å². The molecule has 0 aliphatic heterocycles. The molecule has 0 saturated heterocycles. The van der Waals surface area contributed by atoms with Gasteiger partial charge in [-0.3, -0.25) is 0 Å². The molecule has 17 heavy (non-hydrogen) atoms. The Morgan fingerprint density at radius 2 is 2.12 bits per heavy atom. The van der Waals surface area contributed by atoms with E-state index < -0.39 is 0 Å². The molecule has 0 bridgehead atoms. The van der Waals surface area contributed by atoms with Crippen molar-refractivity contribution in [2.45, 2.75) is 19.3 Å². The number of hydrogen-bond donors (Lipinski definition) is 0. The fraction of sp³-hybridized carbons (Fsp3) is 0.273. The third-order valence-electron chi connectivity index (χ3n) is 2.44. The smallest absolute Gasteiger partial charge is 0.164 e. The maximum absolute atomic E-state index is 5.96. The predicted molar refractivity (Wildman–Crippen MR) is 73.4 cm³/mol. The summed E-state index contributed by atoms with van der Waals surface area (Å²) >= 11 is 15.2. The highest BCUT2D eigenvalue weighted by atomic mass is 79.9. The third-order valence-corrected chi connectivity index (χ3v) is 3.89. The largest absolute Gasteiger partial charge is 0.310 e. The molecule has 0 fully saturated rings. The van der Waals surface area contributed by atoms with Gasteiger partial charge < -0.3 is 4.57 Å². The van der Waals surface area contributed by atoms with Crippen LogP contribution in [0.15, 0.2) is 22.7 Å². The summed E-state index contributed by atoms with van der Waals surface area (Å²) in [7, 11) is 0. The summed E-state index contributed by atoms with van der Waals surface area (Å²) in [5, 5.41) is 8.90. The summed E-state index contributed by atoms with van der Waals surface area (Å²) in [6, 6.07) is 5.67. The van der Waals surface area contributed by atoms with Crippen LogP contribution in [0.5, 0.6) is 0 Å². The van der Waals surface area contributed by atoms with E-state index in [-0.39, 0.29) is 0 Å². The van der Waals surface area contributed by atoms with E-state index in [2.05, 4.69) is 26.1 Å². The Morgan fingerprint density at radius 3 is 2.71 bits per heavy atom. The molecule has 0 amide bonds. The van der Waals surface area contributed by atoms with E-state index in [0.29, 0.717) is 10.9 Å². The van der Waals surface area contributed by atoms with Crippen LogP contribution in [0.2, 0.25) is 5.02 Å². The first-order valence-corrected chi connectivity index (χ1v) is 6.81. The van der Waals surface area contributed by atoms with Gasteiger partial charge >= 0.3 is 0 Å². The monoisotopic (exact) mass is 333 g/mol. The van der Waals surface area contributed by atoms with Gasteiger partial charge in [0.15, 0.2) is 5.82 Å². The van der Waals surface area contributed by atoms with E-state index >= 15 is 0 Å². The first-order valence-electron chi connectivity index (χ1n) is 5.10. The summed E-state index contributed by atoms with van der Waals surface area (Å²) in [6.45, 7) is 2.82. The van der Waals surface area contributed by atoms with Crippen molar-refractivity contribution in [1.82, 2.24) is 14.8 Å². The lowest BCUT2D eigenvalue weighted by molar-refractivity contribution is 0.731. The molecule has 0 aliphatic carbocycles. The molecule has 0 saturated carbocycles. The Kier molecular flexibility index (Phi) is 4.07. The Labute approximate surface area is 118 Å². The average molecular weight is 335 g/mol. The number of alkyl halides is 1. The molecule has 3 nitrogen and oxygen atoms in total. The molecule has 90 valence electrons. The number of hydrogen-bond acceptors (Lipinski definition) is 2. The minimum atomic E-state index is 0.357. The van der Waals surface area contributed by atoms with Crippen LogP contribution < -0.4 is 0 Å². The molecule has 0 N–H and O–H groups in total. The molecule has 2 aromatic rings. The number of nitrogens with zero attached hydrogens (tertiary/aromatic N) is 3. The highest BCUT2D eigenvalue weighted by molar-refractivity contribution is 9.10. The fourth-order valence-electron chi connectivity index (χ4n) is 1.62. The molecule has 1 aromatic carbocycles. The van der Waals surface area contributed by atoms with E-state index in [9.17, 15) is 0 Å². The van der Waals surface area contributed by atoms with Crippen molar-refractivity contribution in [3.63, 3.8) is 0 Å². The Hall–Kier alpha value is -0.580. The van der Waals surface area contributed by atoms with Crippen molar-refractivity contribution in [2.75, 3.05) is 0 Å². The minimum Gasteiger partial charge on any atom is -0.310 e. The summed E-state index contributed by atoms with van der Waals surface area (Å²) in [6.07, 6.45) is 0. The van der Waals surface area contributed by atoms with Crippen LogP contribution in [0.4, 0.5) is 0 Å². The van der Waals surface area contributed by atoms with Crippen LogP contribution in [0.3, 0.4) is 0 Å². The molecule has 6 heteroatoms. The van der Waals surface area contributed by atoms with E-state index in [1.165, 1.54) is 0 Å². The summed E-state index contributed by atoms with van der Waals surface area (Å²) in [5.74, 6) is 1.94. The van der Waals surface area contributed by atoms with Gasteiger partial charge in [0, 0.05) is 16.6 Å². The number of benzene rings is 1. The molecule has 0 radical (unpaired) electrons. The van der Waals surface area contributed by atoms with Crippen LogP contribution in [-0.2, 0) is 12.4 Å². The number of halogens is 3. The van der Waals surface area contributed by atoms with E-state index in [1.54, 1.807) is 0 Å². The van der Waals surface area contributed by atoms with Gasteiger partial charge in [-0.05, 0) is 41.1 Å². The van der Waals surface area contributed by atoms with Crippen molar-refractivity contribution >= 4 is 39.1 Å². The first kappa shape index (κ1) is 12.9. The number of rotatable bonds is 3. The van der Waals surface area contributed by atoms with Crippen molar-refractivity contribution in [2.24, 2.45) is 0 Å². The van der Waals surface area contributed by atoms with Crippen LogP contribution in [0, 0.1) is 0 Å². The van der Waals surface area contributed by atoms with E-state index in [0.717, 1.165) is 28.2 Å². The van der Waals surface area contributed by atoms with Gasteiger partial charge in [-0.1, -0.05) is 11.6 Å². The number of aromatic nitrogens is 3. The van der Waals surface area contributed by atoms with Gasteiger partial charge in [-0.25, -0.2) is 0 Å². The fourth-order valence-corrected chi connectivity index (χ4v) is 2.31. The lowest BCUT2D eigenvalue weighted by atomic mass is 10.2. The second-order valence-electron chi connectivity index (χ2n) is 3.45. The van der Waals surface area contributed by atoms with Gasteiger partial charge in [-0.15, -0.1) is 21.8 Å². The third kappa shape index (κ3) is 2.49. The van der Waals surface area contributed by atoms with Gasteiger partial charge in [-0.2, -0.15) is 0 Å². The zero-order chi connectivity index (χ0) is 12.4. The Bertz CT molecular complexity index is 540.